The lowest BCUT2D eigenvalue weighted by Gasteiger charge is -2.11. The zero-order valence-corrected chi connectivity index (χ0v) is 12.1. The van der Waals surface area contributed by atoms with Crippen molar-refractivity contribution in [1.82, 2.24) is 0 Å². The van der Waals surface area contributed by atoms with Gasteiger partial charge in [-0.3, -0.25) is 9.59 Å². The van der Waals surface area contributed by atoms with Gasteiger partial charge in [-0.2, -0.15) is 11.8 Å². The van der Waals surface area contributed by atoms with Crippen molar-refractivity contribution in [3.8, 4) is 0 Å². The van der Waals surface area contributed by atoms with Crippen LogP contribution in [0.4, 0.5) is 5.69 Å². The standard InChI is InChI=1S/C15H19NO3S/c17-13(16-12-4-2-1-3-5-12)6-9-20-11-15(7-8-15)10-14(18)19/h1-5H,6-11H2,(H,16,17)(H,18,19). The van der Waals surface area contributed by atoms with Gasteiger partial charge in [0.15, 0.2) is 0 Å². The molecule has 1 aliphatic carbocycles. The fourth-order valence-corrected chi connectivity index (χ4v) is 3.37. The van der Waals surface area contributed by atoms with E-state index in [1.54, 1.807) is 11.8 Å². The van der Waals surface area contributed by atoms with E-state index in [0.29, 0.717) is 6.42 Å². The van der Waals surface area contributed by atoms with Crippen LogP contribution in [-0.2, 0) is 9.59 Å². The number of hydrogen-bond acceptors (Lipinski definition) is 3. The number of anilines is 1. The van der Waals surface area contributed by atoms with Crippen LogP contribution in [0.5, 0.6) is 0 Å². The van der Waals surface area contributed by atoms with Crippen molar-refractivity contribution in [3.63, 3.8) is 0 Å². The Kier molecular flexibility index (Phi) is 5.06. The van der Waals surface area contributed by atoms with Gasteiger partial charge in [-0.05, 0) is 36.1 Å². The van der Waals surface area contributed by atoms with E-state index in [1.165, 1.54) is 0 Å². The summed E-state index contributed by atoms with van der Waals surface area (Å²) in [6, 6.07) is 9.39. The molecule has 1 saturated carbocycles. The number of carboxylic acids is 1. The molecular weight excluding hydrogens is 274 g/mol. The van der Waals surface area contributed by atoms with E-state index in [9.17, 15) is 9.59 Å². The molecule has 0 heterocycles. The van der Waals surface area contributed by atoms with Crippen LogP contribution in [0, 0.1) is 5.41 Å². The Balaban J connectivity index is 1.62. The minimum absolute atomic E-state index is 0.00628. The summed E-state index contributed by atoms with van der Waals surface area (Å²) in [7, 11) is 0. The lowest BCUT2D eigenvalue weighted by Crippen LogP contribution is -2.14. The van der Waals surface area contributed by atoms with Gasteiger partial charge in [-0.1, -0.05) is 18.2 Å². The minimum atomic E-state index is -0.718. The summed E-state index contributed by atoms with van der Waals surface area (Å²) in [4.78, 5) is 22.4. The number of aliphatic carboxylic acids is 1. The molecule has 2 rings (SSSR count). The predicted octanol–water partition coefficient (Wildman–Crippen LogP) is 3.00. The van der Waals surface area contributed by atoms with Crippen molar-refractivity contribution in [3.05, 3.63) is 30.3 Å². The number of rotatable bonds is 8. The van der Waals surface area contributed by atoms with Crippen LogP contribution in [0.25, 0.3) is 0 Å². The first-order valence-corrected chi connectivity index (χ1v) is 7.90. The topological polar surface area (TPSA) is 66.4 Å². The monoisotopic (exact) mass is 293 g/mol. The largest absolute Gasteiger partial charge is 0.481 e. The molecule has 1 amide bonds. The Hall–Kier alpha value is -1.49. The van der Waals surface area contributed by atoms with E-state index in [1.807, 2.05) is 30.3 Å². The summed E-state index contributed by atoms with van der Waals surface area (Å²) in [6.07, 6.45) is 2.73. The SMILES string of the molecule is O=C(O)CC1(CSCCC(=O)Nc2ccccc2)CC1. The molecule has 1 aliphatic rings. The van der Waals surface area contributed by atoms with E-state index in [0.717, 1.165) is 30.0 Å². The van der Waals surface area contributed by atoms with Crippen molar-refractivity contribution < 1.29 is 14.7 Å². The highest BCUT2D eigenvalue weighted by Gasteiger charge is 2.43. The van der Waals surface area contributed by atoms with Gasteiger partial charge >= 0.3 is 5.97 Å². The van der Waals surface area contributed by atoms with E-state index in [2.05, 4.69) is 5.32 Å². The Labute approximate surface area is 123 Å². The molecule has 0 bridgehead atoms. The Bertz CT molecular complexity index is 471. The van der Waals surface area contributed by atoms with Gasteiger partial charge in [-0.15, -0.1) is 0 Å². The maximum absolute atomic E-state index is 11.7. The number of para-hydroxylation sites is 1. The van der Waals surface area contributed by atoms with Crippen LogP contribution in [0.3, 0.4) is 0 Å². The zero-order chi connectivity index (χ0) is 14.4. The van der Waals surface area contributed by atoms with Gasteiger partial charge in [0.1, 0.15) is 0 Å². The summed E-state index contributed by atoms with van der Waals surface area (Å²) in [5, 5.41) is 11.7. The molecule has 20 heavy (non-hydrogen) atoms. The lowest BCUT2D eigenvalue weighted by molar-refractivity contribution is -0.138. The first kappa shape index (κ1) is 14.9. The zero-order valence-electron chi connectivity index (χ0n) is 11.3. The summed E-state index contributed by atoms with van der Waals surface area (Å²) < 4.78 is 0. The Morgan fingerprint density at radius 3 is 2.55 bits per heavy atom. The fraction of sp³-hybridized carbons (Fsp3) is 0.467. The maximum atomic E-state index is 11.7. The number of thioether (sulfide) groups is 1. The summed E-state index contributed by atoms with van der Waals surface area (Å²) >= 11 is 1.68. The van der Waals surface area contributed by atoms with Crippen LogP contribution < -0.4 is 5.32 Å². The number of amides is 1. The highest BCUT2D eigenvalue weighted by atomic mass is 32.2. The second kappa shape index (κ2) is 6.79. The minimum Gasteiger partial charge on any atom is -0.481 e. The molecule has 1 aromatic rings. The molecule has 0 atom stereocenters. The number of carbonyl (C=O) groups is 2. The number of carbonyl (C=O) groups excluding carboxylic acids is 1. The van der Waals surface area contributed by atoms with Gasteiger partial charge in [0.05, 0.1) is 6.42 Å². The van der Waals surface area contributed by atoms with Crippen LogP contribution in [-0.4, -0.2) is 28.5 Å². The van der Waals surface area contributed by atoms with Gasteiger partial charge in [-0.25, -0.2) is 0 Å². The normalized spacial score (nSPS) is 15.6. The molecule has 0 saturated heterocycles. The molecular formula is C15H19NO3S. The second-order valence-electron chi connectivity index (χ2n) is 5.29. The summed E-state index contributed by atoms with van der Waals surface area (Å²) in [5.41, 5.74) is 0.818. The third-order valence-electron chi connectivity index (χ3n) is 3.42. The van der Waals surface area contributed by atoms with Crippen molar-refractivity contribution in [2.75, 3.05) is 16.8 Å². The molecule has 1 fully saturated rings. The average molecular weight is 293 g/mol. The first-order chi connectivity index (χ1) is 9.60. The summed E-state index contributed by atoms with van der Waals surface area (Å²) in [6.45, 7) is 0. The molecule has 0 spiro atoms. The van der Waals surface area contributed by atoms with E-state index in [4.69, 9.17) is 5.11 Å². The predicted molar refractivity (Wildman–Crippen MR) is 80.9 cm³/mol. The number of carboxylic acid groups (broad SMARTS) is 1. The van der Waals surface area contributed by atoms with E-state index < -0.39 is 5.97 Å². The molecule has 108 valence electrons. The van der Waals surface area contributed by atoms with E-state index >= 15 is 0 Å². The fourth-order valence-electron chi connectivity index (χ4n) is 2.07. The number of benzene rings is 1. The Morgan fingerprint density at radius 1 is 1.25 bits per heavy atom. The van der Waals surface area contributed by atoms with Crippen LogP contribution in [0.1, 0.15) is 25.7 Å². The van der Waals surface area contributed by atoms with Crippen LogP contribution >= 0.6 is 11.8 Å². The van der Waals surface area contributed by atoms with Gasteiger partial charge in [0.2, 0.25) is 5.91 Å². The smallest absolute Gasteiger partial charge is 0.303 e. The maximum Gasteiger partial charge on any atom is 0.303 e. The summed E-state index contributed by atoms with van der Waals surface area (Å²) in [5.74, 6) is 0.870. The van der Waals surface area contributed by atoms with Crippen LogP contribution in [0.15, 0.2) is 30.3 Å². The number of nitrogens with one attached hydrogen (secondary N) is 1. The van der Waals surface area contributed by atoms with E-state index in [-0.39, 0.29) is 17.7 Å². The van der Waals surface area contributed by atoms with Crippen molar-refractivity contribution in [2.24, 2.45) is 5.41 Å². The Morgan fingerprint density at radius 2 is 1.95 bits per heavy atom. The molecule has 0 unspecified atom stereocenters. The lowest BCUT2D eigenvalue weighted by atomic mass is 10.1. The molecule has 4 nitrogen and oxygen atoms in total. The average Bonchev–Trinajstić information content (AvgIpc) is 3.15. The van der Waals surface area contributed by atoms with Crippen molar-refractivity contribution in [1.29, 1.82) is 0 Å². The molecule has 2 N–H and O–H groups in total. The van der Waals surface area contributed by atoms with Crippen LogP contribution in [0.2, 0.25) is 0 Å². The van der Waals surface area contributed by atoms with Gasteiger partial charge < -0.3 is 10.4 Å². The molecule has 0 radical (unpaired) electrons. The quantitative estimate of drug-likeness (QED) is 0.723. The van der Waals surface area contributed by atoms with Gasteiger partial charge in [0, 0.05) is 17.9 Å². The molecule has 1 aromatic carbocycles. The molecule has 0 aliphatic heterocycles. The third kappa shape index (κ3) is 4.89. The van der Waals surface area contributed by atoms with Gasteiger partial charge in [0.25, 0.3) is 0 Å². The van der Waals surface area contributed by atoms with Crippen molar-refractivity contribution >= 4 is 29.3 Å². The first-order valence-electron chi connectivity index (χ1n) is 6.74. The number of hydrogen-bond donors (Lipinski definition) is 2. The second-order valence-corrected chi connectivity index (χ2v) is 6.39. The third-order valence-corrected chi connectivity index (χ3v) is 4.73. The molecule has 0 aromatic heterocycles. The van der Waals surface area contributed by atoms with Crippen molar-refractivity contribution in [2.45, 2.75) is 25.7 Å². The molecule has 5 heteroatoms. The highest BCUT2D eigenvalue weighted by molar-refractivity contribution is 7.99. The highest BCUT2D eigenvalue weighted by Crippen LogP contribution is 2.51.